The number of halogens is 1. The first-order chi connectivity index (χ1) is 9.17. The number of fused-ring (bicyclic) bond motifs is 1. The van der Waals surface area contributed by atoms with Crippen LogP contribution in [0.4, 0.5) is 0 Å². The lowest BCUT2D eigenvalue weighted by atomic mass is 10.1. The fourth-order valence-electron chi connectivity index (χ4n) is 1.95. The summed E-state index contributed by atoms with van der Waals surface area (Å²) in [4.78, 5) is 12.0. The number of nitrogens with zero attached hydrogens (tertiary/aromatic N) is 3. The topological polar surface area (TPSA) is 86.9 Å². The van der Waals surface area contributed by atoms with E-state index in [1.54, 1.807) is 30.1 Å². The molecule has 0 atom stereocenters. The first kappa shape index (κ1) is 14.2. The van der Waals surface area contributed by atoms with E-state index in [1.807, 2.05) is 6.07 Å². The van der Waals surface area contributed by atoms with Gasteiger partial charge in [0.1, 0.15) is 17.0 Å². The van der Waals surface area contributed by atoms with Gasteiger partial charge in [-0.3, -0.25) is 9.48 Å². The molecule has 0 aliphatic heterocycles. The van der Waals surface area contributed by atoms with Gasteiger partial charge in [0.05, 0.1) is 18.1 Å². The number of benzene rings is 1. The molecule has 0 saturated carbocycles. The fourth-order valence-corrected chi connectivity index (χ4v) is 1.95. The van der Waals surface area contributed by atoms with E-state index in [0.717, 1.165) is 5.56 Å². The van der Waals surface area contributed by atoms with E-state index in [4.69, 9.17) is 10.2 Å². The van der Waals surface area contributed by atoms with Crippen LogP contribution in [0.25, 0.3) is 22.2 Å². The van der Waals surface area contributed by atoms with Crippen molar-refractivity contribution in [2.75, 3.05) is 0 Å². The number of hydrogen-bond acceptors (Lipinski definition) is 5. The average molecular weight is 293 g/mol. The van der Waals surface area contributed by atoms with Crippen molar-refractivity contribution in [3.63, 3.8) is 0 Å². The van der Waals surface area contributed by atoms with Crippen LogP contribution < -0.4 is 11.2 Å². The highest BCUT2D eigenvalue weighted by atomic mass is 35.5. The number of hydrogen-bond donors (Lipinski definition) is 1. The second kappa shape index (κ2) is 5.44. The van der Waals surface area contributed by atoms with Crippen molar-refractivity contribution in [2.45, 2.75) is 6.54 Å². The van der Waals surface area contributed by atoms with E-state index in [0.29, 0.717) is 22.4 Å². The highest BCUT2D eigenvalue weighted by molar-refractivity contribution is 5.85. The number of rotatable bonds is 2. The zero-order valence-corrected chi connectivity index (χ0v) is 11.6. The standard InChI is InChI=1S/C13H12N4O2.ClH/c1-17-7-11(15-16-17)8-2-3-13-10(4-8)12(18)5-9(6-14)19-13;/h2-5,7H,6,14H2,1H3;1H. The average Bonchev–Trinajstić information content (AvgIpc) is 2.85. The minimum Gasteiger partial charge on any atom is -0.459 e. The first-order valence-corrected chi connectivity index (χ1v) is 5.81. The van der Waals surface area contributed by atoms with Gasteiger partial charge in [-0.2, -0.15) is 0 Å². The first-order valence-electron chi connectivity index (χ1n) is 5.81. The molecule has 2 heterocycles. The summed E-state index contributed by atoms with van der Waals surface area (Å²) in [6, 6.07) is 6.77. The molecule has 2 aromatic heterocycles. The van der Waals surface area contributed by atoms with Crippen LogP contribution in [0.2, 0.25) is 0 Å². The Kier molecular flexibility index (Phi) is 3.87. The van der Waals surface area contributed by atoms with Gasteiger partial charge < -0.3 is 10.2 Å². The summed E-state index contributed by atoms with van der Waals surface area (Å²) in [5.41, 5.74) is 7.45. The van der Waals surface area contributed by atoms with Gasteiger partial charge in [0, 0.05) is 18.7 Å². The van der Waals surface area contributed by atoms with Crippen LogP contribution in [0.1, 0.15) is 5.76 Å². The van der Waals surface area contributed by atoms with Crippen molar-refractivity contribution >= 4 is 23.4 Å². The summed E-state index contributed by atoms with van der Waals surface area (Å²) in [6.45, 7) is 0.205. The molecule has 0 fully saturated rings. The Morgan fingerprint density at radius 3 is 2.80 bits per heavy atom. The smallest absolute Gasteiger partial charge is 0.193 e. The minimum atomic E-state index is -0.104. The number of aryl methyl sites for hydroxylation is 1. The third-order valence-electron chi connectivity index (χ3n) is 2.88. The summed E-state index contributed by atoms with van der Waals surface area (Å²) in [7, 11) is 1.79. The van der Waals surface area contributed by atoms with Crippen LogP contribution in [0.3, 0.4) is 0 Å². The number of aromatic nitrogens is 3. The maximum absolute atomic E-state index is 12.0. The van der Waals surface area contributed by atoms with Crippen LogP contribution in [-0.2, 0) is 13.6 Å². The molecule has 0 spiro atoms. The molecule has 0 amide bonds. The maximum Gasteiger partial charge on any atom is 0.193 e. The molecule has 7 heteroatoms. The predicted octanol–water partition coefficient (Wildman–Crippen LogP) is 1.47. The van der Waals surface area contributed by atoms with Crippen LogP contribution in [-0.4, -0.2) is 15.0 Å². The second-order valence-electron chi connectivity index (χ2n) is 4.27. The van der Waals surface area contributed by atoms with Crippen molar-refractivity contribution in [3.8, 4) is 11.3 Å². The molecule has 0 radical (unpaired) electrons. The Bertz CT molecular complexity index is 809. The van der Waals surface area contributed by atoms with E-state index in [-0.39, 0.29) is 24.4 Å². The molecular formula is C13H13ClN4O2. The van der Waals surface area contributed by atoms with Crippen molar-refractivity contribution in [3.05, 3.63) is 46.4 Å². The van der Waals surface area contributed by atoms with E-state index in [1.165, 1.54) is 6.07 Å². The summed E-state index contributed by atoms with van der Waals surface area (Å²) in [5.74, 6) is 0.477. The normalized spacial score (nSPS) is 10.5. The second-order valence-corrected chi connectivity index (χ2v) is 4.27. The van der Waals surface area contributed by atoms with E-state index >= 15 is 0 Å². The monoisotopic (exact) mass is 292 g/mol. The number of nitrogens with two attached hydrogens (primary N) is 1. The Morgan fingerprint density at radius 1 is 1.35 bits per heavy atom. The van der Waals surface area contributed by atoms with Crippen molar-refractivity contribution in [2.24, 2.45) is 12.8 Å². The molecule has 0 bridgehead atoms. The zero-order valence-electron chi connectivity index (χ0n) is 10.7. The van der Waals surface area contributed by atoms with Crippen LogP contribution in [0.5, 0.6) is 0 Å². The fraction of sp³-hybridized carbons (Fsp3) is 0.154. The zero-order chi connectivity index (χ0) is 13.4. The van der Waals surface area contributed by atoms with E-state index in [9.17, 15) is 4.79 Å². The van der Waals surface area contributed by atoms with Crippen molar-refractivity contribution in [1.82, 2.24) is 15.0 Å². The maximum atomic E-state index is 12.0. The Morgan fingerprint density at radius 2 is 2.15 bits per heavy atom. The molecule has 1 aromatic carbocycles. The molecule has 0 aliphatic rings. The van der Waals surface area contributed by atoms with Crippen LogP contribution in [0.15, 0.2) is 39.7 Å². The van der Waals surface area contributed by atoms with Gasteiger partial charge >= 0.3 is 0 Å². The van der Waals surface area contributed by atoms with Crippen molar-refractivity contribution < 1.29 is 4.42 Å². The molecule has 3 aromatic rings. The molecule has 20 heavy (non-hydrogen) atoms. The van der Waals surface area contributed by atoms with Gasteiger partial charge in [-0.1, -0.05) is 5.21 Å². The van der Waals surface area contributed by atoms with Gasteiger partial charge in [0.15, 0.2) is 5.43 Å². The van der Waals surface area contributed by atoms with Gasteiger partial charge in [0.2, 0.25) is 0 Å². The quantitative estimate of drug-likeness (QED) is 0.773. The molecule has 0 unspecified atom stereocenters. The minimum absolute atomic E-state index is 0. The molecule has 0 aliphatic carbocycles. The van der Waals surface area contributed by atoms with Crippen molar-refractivity contribution in [1.29, 1.82) is 0 Å². The van der Waals surface area contributed by atoms with E-state index < -0.39 is 0 Å². The van der Waals surface area contributed by atoms with Crippen LogP contribution >= 0.6 is 12.4 Å². The Balaban J connectivity index is 0.00000147. The summed E-state index contributed by atoms with van der Waals surface area (Å²) < 4.78 is 7.13. The van der Waals surface area contributed by atoms with Crippen LogP contribution in [0, 0.1) is 0 Å². The summed E-state index contributed by atoms with van der Waals surface area (Å²) in [6.07, 6.45) is 1.79. The third-order valence-corrected chi connectivity index (χ3v) is 2.88. The third kappa shape index (κ3) is 2.43. The van der Waals surface area contributed by atoms with E-state index in [2.05, 4.69) is 10.3 Å². The molecule has 0 saturated heterocycles. The molecular weight excluding hydrogens is 280 g/mol. The molecule has 104 valence electrons. The SMILES string of the molecule is Cl.Cn1cc(-c2ccc3oc(CN)cc(=O)c3c2)nn1. The lowest BCUT2D eigenvalue weighted by Gasteiger charge is -2.02. The Hall–Kier alpha value is -2.18. The Labute approximate surface area is 120 Å². The summed E-state index contributed by atoms with van der Waals surface area (Å²) in [5, 5.41) is 8.40. The summed E-state index contributed by atoms with van der Waals surface area (Å²) >= 11 is 0. The highest BCUT2D eigenvalue weighted by Gasteiger charge is 2.08. The lowest BCUT2D eigenvalue weighted by molar-refractivity contribution is 0.539. The van der Waals surface area contributed by atoms with Gasteiger partial charge in [-0.25, -0.2) is 0 Å². The van der Waals surface area contributed by atoms with Gasteiger partial charge in [-0.15, -0.1) is 17.5 Å². The van der Waals surface area contributed by atoms with Gasteiger partial charge in [-0.05, 0) is 18.2 Å². The largest absolute Gasteiger partial charge is 0.459 e. The molecule has 2 N–H and O–H groups in total. The molecule has 3 rings (SSSR count). The molecule has 6 nitrogen and oxygen atoms in total. The van der Waals surface area contributed by atoms with Gasteiger partial charge in [0.25, 0.3) is 0 Å². The lowest BCUT2D eigenvalue weighted by Crippen LogP contribution is -2.05. The predicted molar refractivity (Wildman–Crippen MR) is 77.6 cm³/mol. The highest BCUT2D eigenvalue weighted by Crippen LogP contribution is 2.21.